The molecule has 1 saturated heterocycles. The number of nitrogens with zero attached hydrogens (tertiary/aromatic N) is 5. The minimum atomic E-state index is -0.182. The Hall–Kier alpha value is -3.92. The number of para-hydroxylation sites is 1. The molecule has 2 heterocycles. The molecule has 3 aromatic carbocycles. The number of ether oxygens (including phenoxy) is 2. The van der Waals surface area contributed by atoms with Gasteiger partial charge in [-0.2, -0.15) is 0 Å². The summed E-state index contributed by atoms with van der Waals surface area (Å²) in [5, 5.41) is 18.1. The molecule has 40 heavy (non-hydrogen) atoms. The molecule has 1 amide bonds. The summed E-state index contributed by atoms with van der Waals surface area (Å²) >= 11 is 12.0. The second kappa shape index (κ2) is 13.0. The van der Waals surface area contributed by atoms with E-state index < -0.39 is 0 Å². The van der Waals surface area contributed by atoms with Gasteiger partial charge in [0, 0.05) is 38.3 Å². The van der Waals surface area contributed by atoms with Gasteiger partial charge in [-0.25, -0.2) is 4.98 Å². The molecule has 0 bridgehead atoms. The van der Waals surface area contributed by atoms with E-state index in [4.69, 9.17) is 32.7 Å². The van der Waals surface area contributed by atoms with Crippen LogP contribution in [-0.2, 0) is 17.9 Å². The molecule has 0 atom stereocenters. The van der Waals surface area contributed by atoms with E-state index in [1.165, 1.54) is 23.9 Å². The van der Waals surface area contributed by atoms with Crippen LogP contribution in [0.4, 0.5) is 0 Å². The van der Waals surface area contributed by atoms with Gasteiger partial charge in [-0.3, -0.25) is 9.69 Å². The Kier molecular flexibility index (Phi) is 8.95. The summed E-state index contributed by atoms with van der Waals surface area (Å²) in [7, 11) is 0. The van der Waals surface area contributed by atoms with E-state index >= 15 is 0 Å². The number of carbonyl (C=O) groups is 1. The monoisotopic (exact) mass is 579 g/mol. The fourth-order valence-corrected chi connectivity index (χ4v) is 4.72. The van der Waals surface area contributed by atoms with Crippen molar-refractivity contribution in [2.24, 2.45) is 0 Å². The number of benzene rings is 3. The molecule has 1 aromatic heterocycles. The number of piperazine rings is 1. The molecule has 1 aliphatic heterocycles. The Bertz CT molecular complexity index is 1410. The van der Waals surface area contributed by atoms with Gasteiger partial charge >= 0.3 is 6.01 Å². The molecule has 0 aliphatic carbocycles. The van der Waals surface area contributed by atoms with Crippen LogP contribution in [0.5, 0.6) is 17.5 Å². The number of aromatic hydroxyl groups is 1. The summed E-state index contributed by atoms with van der Waals surface area (Å²) in [6, 6.07) is 20.8. The molecular weight excluding hydrogens is 553 g/mol. The Morgan fingerprint density at radius 1 is 0.875 bits per heavy atom. The van der Waals surface area contributed by atoms with Crippen LogP contribution in [0.1, 0.15) is 11.1 Å². The number of aromatic nitrogens is 3. The number of hydrogen-bond donors (Lipinski definition) is 1. The molecule has 0 spiro atoms. The second-order valence-electron chi connectivity index (χ2n) is 9.28. The van der Waals surface area contributed by atoms with E-state index in [0.29, 0.717) is 36.7 Å². The number of carbonyl (C=O) groups excluding carboxylic acids is 1. The van der Waals surface area contributed by atoms with E-state index in [0.717, 1.165) is 25.2 Å². The lowest BCUT2D eigenvalue weighted by Gasteiger charge is -2.34. The van der Waals surface area contributed by atoms with Gasteiger partial charge in [-0.15, -0.1) is 5.10 Å². The molecular formula is C29H27Cl2N5O4. The normalized spacial score (nSPS) is 13.7. The van der Waals surface area contributed by atoms with Gasteiger partial charge in [0.25, 0.3) is 5.91 Å². The van der Waals surface area contributed by atoms with Crippen LogP contribution in [0.2, 0.25) is 10.0 Å². The van der Waals surface area contributed by atoms with Crippen molar-refractivity contribution in [2.75, 3.05) is 32.8 Å². The summed E-state index contributed by atoms with van der Waals surface area (Å²) in [5.41, 5.74) is 3.19. The number of halogens is 2. The fraction of sp³-hybridized carbons (Fsp3) is 0.241. The summed E-state index contributed by atoms with van der Waals surface area (Å²) < 4.78 is 11.3. The predicted molar refractivity (Wildman–Crippen MR) is 152 cm³/mol. The summed E-state index contributed by atoms with van der Waals surface area (Å²) in [6.45, 7) is 4.15. The third-order valence-corrected chi connectivity index (χ3v) is 7.06. The molecule has 206 valence electrons. The Labute approximate surface area is 241 Å². The second-order valence-corrected chi connectivity index (χ2v) is 10.1. The molecule has 1 aliphatic rings. The van der Waals surface area contributed by atoms with Gasteiger partial charge < -0.3 is 19.5 Å². The van der Waals surface area contributed by atoms with Crippen LogP contribution in [0.3, 0.4) is 0 Å². The number of phenols is 1. The molecule has 1 fully saturated rings. The fourth-order valence-electron chi connectivity index (χ4n) is 4.23. The smallest absolute Gasteiger partial charge is 0.336 e. The van der Waals surface area contributed by atoms with Gasteiger partial charge in [0.15, 0.2) is 12.4 Å². The minimum Gasteiger partial charge on any atom is -0.505 e. The number of phenolic OH excluding ortho intramolecular Hbond substituents is 1. The van der Waals surface area contributed by atoms with Crippen molar-refractivity contribution in [1.29, 1.82) is 0 Å². The number of hydrogen-bond acceptors (Lipinski definition) is 8. The summed E-state index contributed by atoms with van der Waals surface area (Å²) in [5.74, 6) is 0.530. The maximum Gasteiger partial charge on any atom is 0.336 e. The summed E-state index contributed by atoms with van der Waals surface area (Å²) in [4.78, 5) is 20.9. The lowest BCUT2D eigenvalue weighted by molar-refractivity contribution is -0.135. The average molecular weight is 580 g/mol. The van der Waals surface area contributed by atoms with E-state index in [2.05, 4.69) is 32.2 Å². The SMILES string of the molecule is O=C(COc1ccccc1)N1CCN(Cc2ccc(COc3ncc(-c4cc(Cl)c(O)c(Cl)c4)nn3)cc2)CC1. The first-order chi connectivity index (χ1) is 19.4. The number of amides is 1. The van der Waals surface area contributed by atoms with Crippen LogP contribution in [0, 0.1) is 0 Å². The highest BCUT2D eigenvalue weighted by Crippen LogP contribution is 2.35. The highest BCUT2D eigenvalue weighted by atomic mass is 35.5. The first kappa shape index (κ1) is 27.6. The molecule has 0 radical (unpaired) electrons. The lowest BCUT2D eigenvalue weighted by Crippen LogP contribution is -2.49. The zero-order chi connectivity index (χ0) is 27.9. The van der Waals surface area contributed by atoms with Gasteiger partial charge in [0.05, 0.1) is 16.2 Å². The third-order valence-electron chi connectivity index (χ3n) is 6.48. The molecule has 5 rings (SSSR count). The van der Waals surface area contributed by atoms with E-state index in [1.54, 1.807) is 0 Å². The van der Waals surface area contributed by atoms with Gasteiger partial charge in [-0.05, 0) is 35.4 Å². The first-order valence-electron chi connectivity index (χ1n) is 12.7. The van der Waals surface area contributed by atoms with Crippen molar-refractivity contribution < 1.29 is 19.4 Å². The van der Waals surface area contributed by atoms with Crippen LogP contribution in [0.15, 0.2) is 72.9 Å². The Balaban J connectivity index is 1.05. The van der Waals surface area contributed by atoms with Crippen LogP contribution < -0.4 is 9.47 Å². The first-order valence-corrected chi connectivity index (χ1v) is 13.5. The Morgan fingerprint density at radius 3 is 2.20 bits per heavy atom. The lowest BCUT2D eigenvalue weighted by atomic mass is 10.1. The minimum absolute atomic E-state index is 0.0100. The molecule has 4 aromatic rings. The highest BCUT2D eigenvalue weighted by Gasteiger charge is 2.21. The molecule has 1 N–H and O–H groups in total. The average Bonchev–Trinajstić information content (AvgIpc) is 2.99. The van der Waals surface area contributed by atoms with Crippen LogP contribution >= 0.6 is 23.2 Å². The van der Waals surface area contributed by atoms with E-state index in [-0.39, 0.29) is 34.3 Å². The van der Waals surface area contributed by atoms with Crippen molar-refractivity contribution in [3.8, 4) is 28.8 Å². The standard InChI is InChI=1S/C29H27Cl2N5O4/c30-24-14-22(15-25(31)28(24)38)26-16-32-29(34-33-26)40-18-21-8-6-20(7-9-21)17-35-10-12-36(13-11-35)27(37)19-39-23-4-2-1-3-5-23/h1-9,14-16,38H,10-13,17-19H2. The maximum absolute atomic E-state index is 12.5. The van der Waals surface area contributed by atoms with E-state index in [9.17, 15) is 9.90 Å². The Morgan fingerprint density at radius 2 is 1.55 bits per heavy atom. The van der Waals surface area contributed by atoms with E-state index in [1.807, 2.05) is 47.4 Å². The van der Waals surface area contributed by atoms with Crippen LogP contribution in [0.25, 0.3) is 11.3 Å². The maximum atomic E-state index is 12.5. The third kappa shape index (κ3) is 7.18. The highest BCUT2D eigenvalue weighted by molar-refractivity contribution is 6.37. The summed E-state index contributed by atoms with van der Waals surface area (Å²) in [6.07, 6.45) is 1.51. The molecule has 0 saturated carbocycles. The van der Waals surface area contributed by atoms with Crippen LogP contribution in [-0.4, -0.2) is 68.8 Å². The molecule has 0 unspecified atom stereocenters. The topological polar surface area (TPSA) is 101 Å². The zero-order valence-electron chi connectivity index (χ0n) is 21.5. The van der Waals surface area contributed by atoms with Crippen molar-refractivity contribution >= 4 is 29.1 Å². The largest absolute Gasteiger partial charge is 0.505 e. The zero-order valence-corrected chi connectivity index (χ0v) is 23.1. The molecule has 9 nitrogen and oxygen atoms in total. The predicted octanol–water partition coefficient (Wildman–Crippen LogP) is 4.85. The van der Waals surface area contributed by atoms with Crippen molar-refractivity contribution in [3.63, 3.8) is 0 Å². The van der Waals surface area contributed by atoms with Crippen molar-refractivity contribution in [3.05, 3.63) is 94.1 Å². The molecule has 11 heteroatoms. The van der Waals surface area contributed by atoms with Gasteiger partial charge in [0.1, 0.15) is 18.1 Å². The quantitative estimate of drug-likeness (QED) is 0.300. The number of rotatable bonds is 9. The van der Waals surface area contributed by atoms with Gasteiger partial charge in [0.2, 0.25) is 0 Å². The van der Waals surface area contributed by atoms with Gasteiger partial charge in [-0.1, -0.05) is 70.8 Å². The van der Waals surface area contributed by atoms with Crippen molar-refractivity contribution in [1.82, 2.24) is 25.0 Å². The van der Waals surface area contributed by atoms with Crippen molar-refractivity contribution in [2.45, 2.75) is 13.2 Å².